The van der Waals surface area contributed by atoms with Crippen LogP contribution in [0.25, 0.3) is 0 Å². The molecule has 4 aromatic rings. The second kappa shape index (κ2) is 11.3. The Morgan fingerprint density at radius 3 is 1.60 bits per heavy atom. The average molecular weight is 609 g/mol. The molecule has 2 aliphatic rings. The summed E-state index contributed by atoms with van der Waals surface area (Å²) in [4.78, 5) is 0.318. The summed E-state index contributed by atoms with van der Waals surface area (Å²) in [7, 11) is -7.47. The summed E-state index contributed by atoms with van der Waals surface area (Å²) in [6.07, 6.45) is 0.516. The monoisotopic (exact) mass is 608 g/mol. The molecular formula is C30H28N2O8S2. The molecule has 0 amide bonds. The highest BCUT2D eigenvalue weighted by Crippen LogP contribution is 2.33. The van der Waals surface area contributed by atoms with Crippen LogP contribution in [-0.4, -0.2) is 30.4 Å². The Balaban J connectivity index is 1.07. The van der Waals surface area contributed by atoms with Crippen LogP contribution in [0.1, 0.15) is 27.8 Å². The summed E-state index contributed by atoms with van der Waals surface area (Å²) < 4.78 is 78.1. The number of aryl methyl sites for hydroxylation is 1. The van der Waals surface area contributed by atoms with Crippen molar-refractivity contribution in [1.29, 1.82) is 0 Å². The molecule has 6 rings (SSSR count). The largest absolute Gasteiger partial charge is 0.454 e. The Bertz CT molecular complexity index is 1860. The normalized spacial score (nSPS) is 13.8. The summed E-state index contributed by atoms with van der Waals surface area (Å²) in [6, 6.07) is 22.2. The van der Waals surface area contributed by atoms with E-state index < -0.39 is 20.0 Å². The molecular weight excluding hydrogens is 580 g/mol. The van der Waals surface area contributed by atoms with Gasteiger partial charge in [0.2, 0.25) is 33.6 Å². The lowest BCUT2D eigenvalue weighted by Gasteiger charge is -2.12. The Morgan fingerprint density at radius 2 is 1.05 bits per heavy atom. The van der Waals surface area contributed by atoms with E-state index in [1.54, 1.807) is 78.9 Å². The quantitative estimate of drug-likeness (QED) is 0.277. The lowest BCUT2D eigenvalue weighted by atomic mass is 10.0. The molecule has 0 unspecified atom stereocenters. The van der Waals surface area contributed by atoms with Gasteiger partial charge in [-0.05, 0) is 89.7 Å². The Morgan fingerprint density at radius 1 is 0.571 bits per heavy atom. The van der Waals surface area contributed by atoms with Crippen molar-refractivity contribution in [2.24, 2.45) is 0 Å². The number of benzene rings is 4. The molecule has 0 spiro atoms. The van der Waals surface area contributed by atoms with E-state index in [4.69, 9.17) is 18.9 Å². The molecule has 0 radical (unpaired) electrons. The fourth-order valence-corrected chi connectivity index (χ4v) is 6.79. The first-order valence-corrected chi connectivity index (χ1v) is 16.1. The van der Waals surface area contributed by atoms with Gasteiger partial charge < -0.3 is 18.9 Å². The van der Waals surface area contributed by atoms with Crippen LogP contribution >= 0.6 is 0 Å². The third-order valence-electron chi connectivity index (χ3n) is 7.06. The molecule has 0 fully saturated rings. The van der Waals surface area contributed by atoms with Gasteiger partial charge >= 0.3 is 0 Å². The fourth-order valence-electron chi connectivity index (χ4n) is 4.67. The maximum Gasteiger partial charge on any atom is 0.240 e. The number of sulfonamides is 2. The smallest absolute Gasteiger partial charge is 0.240 e. The van der Waals surface area contributed by atoms with Crippen molar-refractivity contribution in [3.05, 3.63) is 107 Å². The fraction of sp³-hybridized carbons (Fsp3) is 0.200. The summed E-state index contributed by atoms with van der Waals surface area (Å²) in [5, 5.41) is 0. The van der Waals surface area contributed by atoms with Crippen LogP contribution in [0.15, 0.2) is 88.7 Å². The zero-order valence-electron chi connectivity index (χ0n) is 22.6. The van der Waals surface area contributed by atoms with Gasteiger partial charge in [-0.3, -0.25) is 0 Å². The Hall–Kier alpha value is -4.10. The zero-order chi connectivity index (χ0) is 29.3. The van der Waals surface area contributed by atoms with Gasteiger partial charge in [-0.15, -0.1) is 0 Å². The number of ether oxygens (including phenoxy) is 4. The van der Waals surface area contributed by atoms with Gasteiger partial charge in [-0.25, -0.2) is 26.3 Å². The molecule has 2 aliphatic heterocycles. The molecule has 12 heteroatoms. The number of rotatable bonds is 10. The molecule has 0 aromatic heterocycles. The minimum absolute atomic E-state index is 0.112. The van der Waals surface area contributed by atoms with Crippen LogP contribution in [0.3, 0.4) is 0 Å². The average Bonchev–Trinajstić information content (AvgIpc) is 3.65. The number of nitrogens with one attached hydrogen (secondary N) is 2. The van der Waals surface area contributed by atoms with Crippen LogP contribution < -0.4 is 28.4 Å². The minimum Gasteiger partial charge on any atom is -0.454 e. The van der Waals surface area contributed by atoms with E-state index in [0.717, 1.165) is 27.8 Å². The van der Waals surface area contributed by atoms with Gasteiger partial charge in [0, 0.05) is 13.1 Å². The van der Waals surface area contributed by atoms with Crippen molar-refractivity contribution in [1.82, 2.24) is 9.44 Å². The van der Waals surface area contributed by atoms with E-state index in [-0.39, 0.29) is 36.5 Å². The van der Waals surface area contributed by atoms with E-state index in [2.05, 4.69) is 9.44 Å². The lowest BCUT2D eigenvalue weighted by molar-refractivity contribution is 0.173. The second-order valence-corrected chi connectivity index (χ2v) is 13.5. The summed E-state index contributed by atoms with van der Waals surface area (Å²) >= 11 is 0. The van der Waals surface area contributed by atoms with Crippen LogP contribution in [0.5, 0.6) is 23.0 Å². The molecule has 0 aliphatic carbocycles. The highest BCUT2D eigenvalue weighted by atomic mass is 32.2. The Labute approximate surface area is 244 Å². The van der Waals surface area contributed by atoms with Crippen LogP contribution in [0, 0.1) is 6.92 Å². The van der Waals surface area contributed by atoms with Crippen LogP contribution in [-0.2, 0) is 39.6 Å². The third kappa shape index (κ3) is 6.07. The summed E-state index contributed by atoms with van der Waals surface area (Å²) in [5.41, 5.74) is 4.14. The van der Waals surface area contributed by atoms with E-state index in [1.807, 2.05) is 6.92 Å². The van der Waals surface area contributed by atoms with Crippen LogP contribution in [0.2, 0.25) is 0 Å². The number of hydrogen-bond donors (Lipinski definition) is 2. The summed E-state index contributed by atoms with van der Waals surface area (Å²) in [5.74, 6) is 2.46. The molecule has 2 heterocycles. The lowest BCUT2D eigenvalue weighted by Crippen LogP contribution is -2.23. The number of fused-ring (bicyclic) bond motifs is 2. The highest BCUT2D eigenvalue weighted by molar-refractivity contribution is 7.89. The molecule has 0 saturated heterocycles. The maximum absolute atomic E-state index is 12.9. The van der Waals surface area contributed by atoms with Gasteiger partial charge in [0.15, 0.2) is 23.0 Å². The first kappa shape index (κ1) is 28.0. The zero-order valence-corrected chi connectivity index (χ0v) is 24.3. The predicted molar refractivity (Wildman–Crippen MR) is 154 cm³/mol. The van der Waals surface area contributed by atoms with Gasteiger partial charge in [-0.2, -0.15) is 0 Å². The first-order valence-electron chi connectivity index (χ1n) is 13.1. The van der Waals surface area contributed by atoms with E-state index in [1.165, 1.54) is 0 Å². The van der Waals surface area contributed by atoms with E-state index in [0.29, 0.717) is 29.4 Å². The first-order chi connectivity index (χ1) is 20.2. The van der Waals surface area contributed by atoms with Gasteiger partial charge in [0.1, 0.15) is 0 Å². The molecule has 0 saturated carbocycles. The number of hydrogen-bond acceptors (Lipinski definition) is 8. The standard InChI is InChI=1S/C30H28N2O8S2/c1-20-12-26(42(35,36)32-17-23-5-11-28-30(15-23)40-19-38-28)9-6-24(20)13-21-2-7-25(8-3-21)41(33,34)31-16-22-4-10-27-29(14-22)39-18-37-27/h2-12,14-15,31-32H,13,16-19H2,1H3. The molecule has 42 heavy (non-hydrogen) atoms. The SMILES string of the molecule is Cc1cc(S(=O)(=O)NCc2ccc3c(c2)OCO3)ccc1Cc1ccc(S(=O)(=O)NCc2ccc3c(c2)OCO3)cc1. The maximum atomic E-state index is 12.9. The van der Waals surface area contributed by atoms with Crippen molar-refractivity contribution in [2.45, 2.75) is 36.2 Å². The molecule has 0 atom stereocenters. The van der Waals surface area contributed by atoms with Crippen molar-refractivity contribution in [2.75, 3.05) is 13.6 Å². The van der Waals surface area contributed by atoms with Gasteiger partial charge in [-0.1, -0.05) is 30.3 Å². The minimum atomic E-state index is -3.74. The summed E-state index contributed by atoms with van der Waals surface area (Å²) in [6.45, 7) is 2.38. The van der Waals surface area contributed by atoms with Gasteiger partial charge in [0.05, 0.1) is 9.79 Å². The molecule has 0 bridgehead atoms. The topological polar surface area (TPSA) is 129 Å². The van der Waals surface area contributed by atoms with E-state index >= 15 is 0 Å². The highest BCUT2D eigenvalue weighted by Gasteiger charge is 2.19. The molecule has 4 aromatic carbocycles. The third-order valence-corrected chi connectivity index (χ3v) is 9.88. The Kier molecular flexibility index (Phi) is 7.54. The molecule has 218 valence electrons. The van der Waals surface area contributed by atoms with Gasteiger partial charge in [0.25, 0.3) is 0 Å². The van der Waals surface area contributed by atoms with Crippen molar-refractivity contribution < 1.29 is 35.8 Å². The van der Waals surface area contributed by atoms with Crippen LogP contribution in [0.4, 0.5) is 0 Å². The molecule has 10 nitrogen and oxygen atoms in total. The second-order valence-electron chi connectivity index (χ2n) is 9.93. The van der Waals surface area contributed by atoms with Crippen molar-refractivity contribution in [3.63, 3.8) is 0 Å². The molecule has 2 N–H and O–H groups in total. The predicted octanol–water partition coefficient (Wildman–Crippen LogP) is 4.00. The van der Waals surface area contributed by atoms with E-state index in [9.17, 15) is 16.8 Å². The van der Waals surface area contributed by atoms with Crippen molar-refractivity contribution >= 4 is 20.0 Å². The van der Waals surface area contributed by atoms with Crippen molar-refractivity contribution in [3.8, 4) is 23.0 Å².